The number of carbonyl (C=O) groups excluding carboxylic acids is 1. The highest BCUT2D eigenvalue weighted by molar-refractivity contribution is 6.31. The topological polar surface area (TPSA) is 30.0 Å². The van der Waals surface area contributed by atoms with E-state index in [1.54, 1.807) is 18.3 Å². The number of hydrogen-bond acceptors (Lipinski definition) is 2. The van der Waals surface area contributed by atoms with E-state index in [0.717, 1.165) is 11.3 Å². The minimum atomic E-state index is -0.261. The maximum absolute atomic E-state index is 12.4. The van der Waals surface area contributed by atoms with Crippen LogP contribution in [0.25, 0.3) is 0 Å². The van der Waals surface area contributed by atoms with Gasteiger partial charge in [0.1, 0.15) is 0 Å². The number of carbonyl (C=O) groups is 1. The van der Waals surface area contributed by atoms with Gasteiger partial charge in [-0.3, -0.25) is 9.78 Å². The number of Topliss-reactive ketones (excluding diaryl/α,β-unsaturated/α-hetero) is 1. The summed E-state index contributed by atoms with van der Waals surface area (Å²) in [4.78, 5) is 16.6. The number of halogens is 1. The van der Waals surface area contributed by atoms with Crippen LogP contribution in [0.4, 0.5) is 0 Å². The van der Waals surface area contributed by atoms with Crippen molar-refractivity contribution in [3.8, 4) is 0 Å². The SMILES string of the molecule is Cc1ccc(Cl)cc1C(=O)C(C)c1ccccn1. The molecule has 1 unspecified atom stereocenters. The van der Waals surface area contributed by atoms with Gasteiger partial charge in [0.25, 0.3) is 0 Å². The molecule has 0 aliphatic carbocycles. The monoisotopic (exact) mass is 259 g/mol. The number of rotatable bonds is 3. The van der Waals surface area contributed by atoms with Crippen molar-refractivity contribution in [2.45, 2.75) is 19.8 Å². The Morgan fingerprint density at radius 3 is 2.72 bits per heavy atom. The minimum Gasteiger partial charge on any atom is -0.293 e. The Morgan fingerprint density at radius 2 is 2.06 bits per heavy atom. The molecule has 2 rings (SSSR count). The molecule has 0 saturated heterocycles. The predicted octanol–water partition coefficient (Wildman–Crippen LogP) is 4.03. The lowest BCUT2D eigenvalue weighted by Gasteiger charge is -2.12. The molecule has 0 amide bonds. The van der Waals surface area contributed by atoms with Crippen LogP contribution in [-0.2, 0) is 0 Å². The van der Waals surface area contributed by atoms with Crippen LogP contribution in [-0.4, -0.2) is 10.8 Å². The van der Waals surface area contributed by atoms with E-state index in [9.17, 15) is 4.79 Å². The van der Waals surface area contributed by atoms with E-state index in [4.69, 9.17) is 11.6 Å². The fraction of sp³-hybridized carbons (Fsp3) is 0.200. The molecule has 1 aromatic heterocycles. The highest BCUT2D eigenvalue weighted by atomic mass is 35.5. The van der Waals surface area contributed by atoms with Crippen LogP contribution in [0.1, 0.15) is 34.5 Å². The quantitative estimate of drug-likeness (QED) is 0.779. The average Bonchev–Trinajstić information content (AvgIpc) is 2.41. The van der Waals surface area contributed by atoms with Crippen LogP contribution in [0.3, 0.4) is 0 Å². The van der Waals surface area contributed by atoms with Gasteiger partial charge < -0.3 is 0 Å². The van der Waals surface area contributed by atoms with Gasteiger partial charge in [-0.25, -0.2) is 0 Å². The van der Waals surface area contributed by atoms with Gasteiger partial charge in [0.05, 0.1) is 11.6 Å². The van der Waals surface area contributed by atoms with Crippen LogP contribution in [0.15, 0.2) is 42.6 Å². The molecule has 1 atom stereocenters. The summed E-state index contributed by atoms with van der Waals surface area (Å²) in [6.45, 7) is 3.78. The third-order valence-electron chi connectivity index (χ3n) is 2.99. The molecule has 0 saturated carbocycles. The highest BCUT2D eigenvalue weighted by Gasteiger charge is 2.19. The summed E-state index contributed by atoms with van der Waals surface area (Å²) in [5.41, 5.74) is 2.38. The lowest BCUT2D eigenvalue weighted by Crippen LogP contribution is -2.12. The largest absolute Gasteiger partial charge is 0.293 e. The predicted molar refractivity (Wildman–Crippen MR) is 73.2 cm³/mol. The number of benzene rings is 1. The van der Waals surface area contributed by atoms with Gasteiger partial charge in [-0.15, -0.1) is 0 Å². The summed E-state index contributed by atoms with van der Waals surface area (Å²) in [5, 5.41) is 0.581. The molecule has 2 nitrogen and oxygen atoms in total. The molecule has 1 heterocycles. The van der Waals surface area contributed by atoms with Crippen molar-refractivity contribution in [2.75, 3.05) is 0 Å². The Hall–Kier alpha value is -1.67. The Morgan fingerprint density at radius 1 is 1.28 bits per heavy atom. The van der Waals surface area contributed by atoms with Crippen LogP contribution < -0.4 is 0 Å². The zero-order valence-electron chi connectivity index (χ0n) is 10.4. The first-order chi connectivity index (χ1) is 8.59. The summed E-state index contributed by atoms with van der Waals surface area (Å²) in [5.74, 6) is -0.211. The Kier molecular flexibility index (Phi) is 3.78. The fourth-order valence-electron chi connectivity index (χ4n) is 1.86. The average molecular weight is 260 g/mol. The van der Waals surface area contributed by atoms with Gasteiger partial charge >= 0.3 is 0 Å². The van der Waals surface area contributed by atoms with Crippen molar-refractivity contribution in [1.82, 2.24) is 4.98 Å². The smallest absolute Gasteiger partial charge is 0.171 e. The normalized spacial score (nSPS) is 12.2. The number of pyridine rings is 1. The molecule has 0 fully saturated rings. The van der Waals surface area contributed by atoms with Gasteiger partial charge in [-0.05, 0) is 43.7 Å². The first kappa shape index (κ1) is 12.8. The summed E-state index contributed by atoms with van der Waals surface area (Å²) >= 11 is 5.94. The fourth-order valence-corrected chi connectivity index (χ4v) is 2.03. The molecule has 1 aromatic carbocycles. The van der Waals surface area contributed by atoms with E-state index in [0.29, 0.717) is 10.6 Å². The molecule has 0 radical (unpaired) electrons. The van der Waals surface area contributed by atoms with Crippen molar-refractivity contribution in [1.29, 1.82) is 0 Å². The molecule has 0 aliphatic heterocycles. The van der Waals surface area contributed by atoms with Crippen LogP contribution in [0.5, 0.6) is 0 Å². The first-order valence-corrected chi connectivity index (χ1v) is 6.18. The van der Waals surface area contributed by atoms with Crippen molar-refractivity contribution >= 4 is 17.4 Å². The van der Waals surface area contributed by atoms with E-state index in [1.165, 1.54) is 0 Å². The number of ketones is 1. The molecule has 0 N–H and O–H groups in total. The Bertz CT molecular complexity index is 566. The van der Waals surface area contributed by atoms with Gasteiger partial charge in [0.15, 0.2) is 5.78 Å². The number of nitrogens with zero attached hydrogens (tertiary/aromatic N) is 1. The van der Waals surface area contributed by atoms with Crippen molar-refractivity contribution in [3.05, 3.63) is 64.4 Å². The molecular weight excluding hydrogens is 246 g/mol. The van der Waals surface area contributed by atoms with Crippen molar-refractivity contribution in [3.63, 3.8) is 0 Å². The molecule has 92 valence electrons. The number of hydrogen-bond donors (Lipinski definition) is 0. The second-order valence-electron chi connectivity index (χ2n) is 4.30. The summed E-state index contributed by atoms with van der Waals surface area (Å²) in [7, 11) is 0. The lowest BCUT2D eigenvalue weighted by atomic mass is 9.93. The minimum absolute atomic E-state index is 0.0497. The van der Waals surface area contributed by atoms with Crippen LogP contribution in [0, 0.1) is 6.92 Å². The molecular formula is C15H14ClNO. The standard InChI is InChI=1S/C15H14ClNO/c1-10-6-7-12(16)9-13(10)15(18)11(2)14-5-3-4-8-17-14/h3-9,11H,1-2H3. The summed E-state index contributed by atoms with van der Waals surface area (Å²) < 4.78 is 0. The van der Waals surface area contributed by atoms with Crippen LogP contribution in [0.2, 0.25) is 5.02 Å². The van der Waals surface area contributed by atoms with E-state index >= 15 is 0 Å². The second-order valence-corrected chi connectivity index (χ2v) is 4.74. The molecule has 0 spiro atoms. The lowest BCUT2D eigenvalue weighted by molar-refractivity contribution is 0.0964. The second kappa shape index (κ2) is 5.32. The third-order valence-corrected chi connectivity index (χ3v) is 3.22. The number of aryl methyl sites for hydroxylation is 1. The zero-order chi connectivity index (χ0) is 13.1. The molecule has 3 heteroatoms. The summed E-state index contributed by atoms with van der Waals surface area (Å²) in [6.07, 6.45) is 1.70. The zero-order valence-corrected chi connectivity index (χ0v) is 11.1. The molecule has 0 bridgehead atoms. The van der Waals surface area contributed by atoms with Crippen molar-refractivity contribution < 1.29 is 4.79 Å². The van der Waals surface area contributed by atoms with E-state index in [1.807, 2.05) is 38.1 Å². The van der Waals surface area contributed by atoms with E-state index in [2.05, 4.69) is 4.98 Å². The maximum atomic E-state index is 12.4. The van der Waals surface area contributed by atoms with Gasteiger partial charge in [0.2, 0.25) is 0 Å². The molecule has 18 heavy (non-hydrogen) atoms. The van der Waals surface area contributed by atoms with Gasteiger partial charge in [-0.1, -0.05) is 23.7 Å². The molecule has 0 aliphatic rings. The Labute approximate surface area is 112 Å². The van der Waals surface area contributed by atoms with Crippen LogP contribution >= 0.6 is 11.6 Å². The van der Waals surface area contributed by atoms with E-state index in [-0.39, 0.29) is 11.7 Å². The van der Waals surface area contributed by atoms with Gasteiger partial charge in [0, 0.05) is 16.8 Å². The summed E-state index contributed by atoms with van der Waals surface area (Å²) in [6, 6.07) is 11.0. The highest BCUT2D eigenvalue weighted by Crippen LogP contribution is 2.23. The maximum Gasteiger partial charge on any atom is 0.171 e. The third kappa shape index (κ3) is 2.59. The Balaban J connectivity index is 2.34. The first-order valence-electron chi connectivity index (χ1n) is 5.81. The molecule has 2 aromatic rings. The van der Waals surface area contributed by atoms with Crippen molar-refractivity contribution in [2.24, 2.45) is 0 Å². The van der Waals surface area contributed by atoms with E-state index < -0.39 is 0 Å². The van der Waals surface area contributed by atoms with Gasteiger partial charge in [-0.2, -0.15) is 0 Å². The number of aromatic nitrogens is 1.